The third-order valence-corrected chi connectivity index (χ3v) is 3.01. The van der Waals surface area contributed by atoms with E-state index in [1.165, 1.54) is 12.1 Å². The fourth-order valence-electron chi connectivity index (χ4n) is 2.15. The van der Waals surface area contributed by atoms with Gasteiger partial charge in [0.25, 0.3) is 0 Å². The highest BCUT2D eigenvalue weighted by atomic mass is 16.5. The molecule has 0 aliphatic carbocycles. The molecule has 88 valence electrons. The first-order valence-electron chi connectivity index (χ1n) is 5.92. The zero-order valence-electron chi connectivity index (χ0n) is 10.1. The van der Waals surface area contributed by atoms with Crippen molar-refractivity contribution in [3.8, 4) is 5.75 Å². The van der Waals surface area contributed by atoms with Crippen molar-refractivity contribution in [1.29, 1.82) is 0 Å². The Morgan fingerprint density at radius 1 is 1.44 bits per heavy atom. The molecule has 16 heavy (non-hydrogen) atoms. The number of nitrogens with one attached hydrogen (secondary N) is 1. The number of hydrogen-bond acceptors (Lipinski definition) is 3. The monoisotopic (exact) mass is 220 g/mol. The minimum atomic E-state index is 0.550. The highest BCUT2D eigenvalue weighted by molar-refractivity contribution is 5.51. The molecular formula is C13H20N2O. The van der Waals surface area contributed by atoms with Crippen LogP contribution in [0.3, 0.4) is 0 Å². The van der Waals surface area contributed by atoms with Gasteiger partial charge in [-0.2, -0.15) is 0 Å². The van der Waals surface area contributed by atoms with Gasteiger partial charge in [0.1, 0.15) is 5.75 Å². The van der Waals surface area contributed by atoms with Crippen molar-refractivity contribution < 1.29 is 4.74 Å². The predicted molar refractivity (Wildman–Crippen MR) is 67.3 cm³/mol. The van der Waals surface area contributed by atoms with Crippen molar-refractivity contribution in [1.82, 2.24) is 5.32 Å². The molecule has 3 nitrogen and oxygen atoms in total. The van der Waals surface area contributed by atoms with Crippen LogP contribution >= 0.6 is 0 Å². The highest BCUT2D eigenvalue weighted by Gasteiger charge is 2.14. The van der Waals surface area contributed by atoms with Gasteiger partial charge in [-0.15, -0.1) is 0 Å². The van der Waals surface area contributed by atoms with Gasteiger partial charge in [-0.1, -0.05) is 6.07 Å². The van der Waals surface area contributed by atoms with Crippen LogP contribution in [0.5, 0.6) is 5.75 Å². The molecule has 1 atom stereocenters. The van der Waals surface area contributed by atoms with Gasteiger partial charge in [0, 0.05) is 30.9 Å². The first-order chi connectivity index (χ1) is 7.79. The van der Waals surface area contributed by atoms with E-state index >= 15 is 0 Å². The smallest absolute Gasteiger partial charge is 0.120 e. The van der Waals surface area contributed by atoms with E-state index in [9.17, 15) is 0 Å². The molecule has 0 spiro atoms. The number of rotatable bonds is 2. The lowest BCUT2D eigenvalue weighted by Crippen LogP contribution is -2.35. The average Bonchev–Trinajstić information content (AvgIpc) is 2.54. The molecule has 1 aliphatic rings. The van der Waals surface area contributed by atoms with Crippen LogP contribution in [0.4, 0.5) is 5.69 Å². The van der Waals surface area contributed by atoms with Crippen LogP contribution in [0.1, 0.15) is 13.3 Å². The highest BCUT2D eigenvalue weighted by Crippen LogP contribution is 2.21. The zero-order chi connectivity index (χ0) is 11.4. The first-order valence-corrected chi connectivity index (χ1v) is 5.92. The van der Waals surface area contributed by atoms with Gasteiger partial charge in [0.15, 0.2) is 0 Å². The summed E-state index contributed by atoms with van der Waals surface area (Å²) in [6.45, 7) is 5.53. The second-order valence-corrected chi connectivity index (χ2v) is 4.36. The van der Waals surface area contributed by atoms with Crippen molar-refractivity contribution in [3.63, 3.8) is 0 Å². The molecule has 1 N–H and O–H groups in total. The lowest BCUT2D eigenvalue weighted by Gasteiger charge is -2.25. The maximum absolute atomic E-state index is 5.26. The van der Waals surface area contributed by atoms with E-state index < -0.39 is 0 Å². The molecule has 1 unspecified atom stereocenters. The van der Waals surface area contributed by atoms with Crippen LogP contribution in [0.15, 0.2) is 24.3 Å². The van der Waals surface area contributed by atoms with Crippen molar-refractivity contribution in [2.45, 2.75) is 19.4 Å². The van der Waals surface area contributed by atoms with Crippen LogP contribution in [-0.4, -0.2) is 32.8 Å². The van der Waals surface area contributed by atoms with Crippen LogP contribution in [0, 0.1) is 0 Å². The fourth-order valence-corrected chi connectivity index (χ4v) is 2.15. The minimum Gasteiger partial charge on any atom is -0.497 e. The molecule has 0 radical (unpaired) electrons. The van der Waals surface area contributed by atoms with Gasteiger partial charge in [-0.05, 0) is 32.0 Å². The summed E-state index contributed by atoms with van der Waals surface area (Å²) >= 11 is 0. The van der Waals surface area contributed by atoms with E-state index in [-0.39, 0.29) is 0 Å². The summed E-state index contributed by atoms with van der Waals surface area (Å²) in [5.41, 5.74) is 1.26. The van der Waals surface area contributed by atoms with Crippen LogP contribution in [0.2, 0.25) is 0 Å². The number of anilines is 1. The molecule has 1 aromatic rings. The molecule has 1 aromatic carbocycles. The Balaban J connectivity index is 2.14. The largest absolute Gasteiger partial charge is 0.497 e. The van der Waals surface area contributed by atoms with Gasteiger partial charge in [-0.3, -0.25) is 0 Å². The van der Waals surface area contributed by atoms with E-state index in [1.54, 1.807) is 7.11 Å². The Labute approximate surface area is 97.4 Å². The molecule has 0 saturated carbocycles. The van der Waals surface area contributed by atoms with Crippen molar-refractivity contribution >= 4 is 5.69 Å². The van der Waals surface area contributed by atoms with Gasteiger partial charge in [0.2, 0.25) is 0 Å². The minimum absolute atomic E-state index is 0.550. The third kappa shape index (κ3) is 2.67. The Kier molecular flexibility index (Phi) is 3.67. The van der Waals surface area contributed by atoms with Crippen LogP contribution in [0.25, 0.3) is 0 Å². The number of hydrogen-bond donors (Lipinski definition) is 1. The number of nitrogens with zero attached hydrogens (tertiary/aromatic N) is 1. The Hall–Kier alpha value is -1.22. The molecule has 0 bridgehead atoms. The average molecular weight is 220 g/mol. The summed E-state index contributed by atoms with van der Waals surface area (Å²) in [6, 6.07) is 8.85. The normalized spacial score (nSPS) is 21.6. The molecule has 0 aromatic heterocycles. The Bertz CT molecular complexity index is 340. The SMILES string of the molecule is COc1cccc(N2CCCNC(C)C2)c1. The second kappa shape index (κ2) is 5.21. The summed E-state index contributed by atoms with van der Waals surface area (Å²) in [5, 5.41) is 3.50. The van der Waals surface area contributed by atoms with Gasteiger partial charge < -0.3 is 15.0 Å². The molecule has 3 heteroatoms. The quantitative estimate of drug-likeness (QED) is 0.823. The van der Waals surface area contributed by atoms with Gasteiger partial charge >= 0.3 is 0 Å². The first kappa shape index (κ1) is 11.3. The lowest BCUT2D eigenvalue weighted by atomic mass is 10.2. The molecule has 0 amide bonds. The maximum atomic E-state index is 5.26. The van der Waals surface area contributed by atoms with Crippen LogP contribution < -0.4 is 15.0 Å². The predicted octanol–water partition coefficient (Wildman–Crippen LogP) is 1.88. The molecule has 1 saturated heterocycles. The van der Waals surface area contributed by atoms with E-state index in [0.29, 0.717) is 6.04 Å². The molecular weight excluding hydrogens is 200 g/mol. The van der Waals surface area contributed by atoms with E-state index in [4.69, 9.17) is 4.74 Å². The molecule has 2 rings (SSSR count). The summed E-state index contributed by atoms with van der Waals surface area (Å²) in [7, 11) is 1.71. The number of ether oxygens (including phenoxy) is 1. The summed E-state index contributed by atoms with van der Waals surface area (Å²) in [5.74, 6) is 0.933. The Morgan fingerprint density at radius 2 is 2.31 bits per heavy atom. The fraction of sp³-hybridized carbons (Fsp3) is 0.538. The molecule has 1 fully saturated rings. The zero-order valence-corrected chi connectivity index (χ0v) is 10.1. The van der Waals surface area contributed by atoms with Gasteiger partial charge in [-0.25, -0.2) is 0 Å². The topological polar surface area (TPSA) is 24.5 Å². The van der Waals surface area contributed by atoms with E-state index in [2.05, 4.69) is 35.3 Å². The third-order valence-electron chi connectivity index (χ3n) is 3.01. The summed E-state index contributed by atoms with van der Waals surface area (Å²) < 4.78 is 5.26. The van der Waals surface area contributed by atoms with Crippen molar-refractivity contribution in [2.24, 2.45) is 0 Å². The number of methoxy groups -OCH3 is 1. The van der Waals surface area contributed by atoms with E-state index in [0.717, 1.165) is 25.4 Å². The van der Waals surface area contributed by atoms with Crippen LogP contribution in [-0.2, 0) is 0 Å². The standard InChI is InChI=1S/C13H20N2O/c1-11-10-15(8-4-7-14-11)12-5-3-6-13(9-12)16-2/h3,5-6,9,11,14H,4,7-8,10H2,1-2H3. The summed E-state index contributed by atoms with van der Waals surface area (Å²) in [4.78, 5) is 2.42. The van der Waals surface area contributed by atoms with Crippen molar-refractivity contribution in [3.05, 3.63) is 24.3 Å². The van der Waals surface area contributed by atoms with Crippen molar-refractivity contribution in [2.75, 3.05) is 31.6 Å². The van der Waals surface area contributed by atoms with Gasteiger partial charge in [0.05, 0.1) is 7.11 Å². The Morgan fingerprint density at radius 3 is 3.12 bits per heavy atom. The summed E-state index contributed by atoms with van der Waals surface area (Å²) in [6.07, 6.45) is 1.20. The molecule has 1 heterocycles. The second-order valence-electron chi connectivity index (χ2n) is 4.36. The lowest BCUT2D eigenvalue weighted by molar-refractivity contribution is 0.414. The molecule has 1 aliphatic heterocycles. The van der Waals surface area contributed by atoms with E-state index in [1.807, 2.05) is 6.07 Å². The maximum Gasteiger partial charge on any atom is 0.120 e. The number of benzene rings is 1.